The van der Waals surface area contributed by atoms with Crippen molar-refractivity contribution < 1.29 is 9.90 Å². The molecule has 0 aliphatic carbocycles. The van der Waals surface area contributed by atoms with Crippen LogP contribution >= 0.6 is 0 Å². The van der Waals surface area contributed by atoms with Crippen molar-refractivity contribution in [3.05, 3.63) is 59.9 Å². The summed E-state index contributed by atoms with van der Waals surface area (Å²) in [6.45, 7) is 0.592. The highest BCUT2D eigenvalue weighted by Crippen LogP contribution is 2.38. The molecule has 122 valence electrons. The minimum Gasteiger partial charge on any atom is -0.478 e. The van der Waals surface area contributed by atoms with E-state index < -0.39 is 5.97 Å². The Bertz CT molecular complexity index is 856. The Hall–Kier alpha value is -3.41. The van der Waals surface area contributed by atoms with Crippen molar-refractivity contribution in [3.8, 4) is 11.1 Å². The van der Waals surface area contributed by atoms with Crippen molar-refractivity contribution >= 4 is 29.1 Å². The van der Waals surface area contributed by atoms with Gasteiger partial charge in [-0.3, -0.25) is 0 Å². The van der Waals surface area contributed by atoms with Crippen LogP contribution in [0.1, 0.15) is 15.9 Å². The third-order valence-electron chi connectivity index (χ3n) is 3.85. The second kappa shape index (κ2) is 6.37. The van der Waals surface area contributed by atoms with E-state index in [9.17, 15) is 9.90 Å². The summed E-state index contributed by atoms with van der Waals surface area (Å²) < 4.78 is 0. The molecule has 0 bridgehead atoms. The van der Waals surface area contributed by atoms with Gasteiger partial charge in [-0.1, -0.05) is 18.2 Å². The second-order valence-corrected chi connectivity index (χ2v) is 5.34. The Morgan fingerprint density at radius 3 is 2.83 bits per heavy atom. The number of nitrogen functional groups attached to an aromatic ring is 1. The maximum Gasteiger partial charge on any atom is 0.337 e. The molecule has 6 heteroatoms. The topological polar surface area (TPSA) is 113 Å². The molecule has 3 rings (SSSR count). The summed E-state index contributed by atoms with van der Waals surface area (Å²) >= 11 is 0. The Morgan fingerprint density at radius 2 is 2.08 bits per heavy atom. The van der Waals surface area contributed by atoms with Crippen molar-refractivity contribution in [1.82, 2.24) is 0 Å². The van der Waals surface area contributed by atoms with Crippen molar-refractivity contribution in [2.24, 2.45) is 5.73 Å². The summed E-state index contributed by atoms with van der Waals surface area (Å²) in [6.07, 6.45) is 6.91. The SMILES string of the molecule is N/C=C\Nc1ccc(N)c(-c2ccc(C(=O)O)c3c2C=CCN3)c1. The molecule has 0 atom stereocenters. The van der Waals surface area contributed by atoms with E-state index in [1.165, 1.54) is 6.20 Å². The number of carboxylic acid groups (broad SMARTS) is 1. The number of carbonyl (C=O) groups is 1. The van der Waals surface area contributed by atoms with Gasteiger partial charge in [0.05, 0.1) is 11.3 Å². The number of hydrogen-bond donors (Lipinski definition) is 5. The molecule has 0 spiro atoms. The number of fused-ring (bicyclic) bond motifs is 1. The number of anilines is 3. The number of carboxylic acids is 1. The Labute approximate surface area is 139 Å². The molecule has 0 aromatic heterocycles. The fourth-order valence-corrected chi connectivity index (χ4v) is 2.76. The van der Waals surface area contributed by atoms with E-state index >= 15 is 0 Å². The van der Waals surface area contributed by atoms with Gasteiger partial charge < -0.3 is 27.2 Å². The van der Waals surface area contributed by atoms with Crippen molar-refractivity contribution in [3.63, 3.8) is 0 Å². The minimum atomic E-state index is -0.961. The average molecular weight is 322 g/mol. The normalized spacial score (nSPS) is 12.7. The molecule has 1 aliphatic heterocycles. The van der Waals surface area contributed by atoms with Crippen molar-refractivity contribution in [2.45, 2.75) is 0 Å². The third kappa shape index (κ3) is 2.77. The van der Waals surface area contributed by atoms with Gasteiger partial charge in [-0.25, -0.2) is 4.79 Å². The number of hydrogen-bond acceptors (Lipinski definition) is 5. The zero-order chi connectivity index (χ0) is 17.1. The number of benzene rings is 2. The van der Waals surface area contributed by atoms with E-state index in [4.69, 9.17) is 11.5 Å². The Balaban J connectivity index is 2.17. The van der Waals surface area contributed by atoms with E-state index in [2.05, 4.69) is 10.6 Å². The van der Waals surface area contributed by atoms with Crippen LogP contribution in [0.5, 0.6) is 0 Å². The summed E-state index contributed by atoms with van der Waals surface area (Å²) in [6, 6.07) is 8.95. The predicted molar refractivity (Wildman–Crippen MR) is 97.7 cm³/mol. The average Bonchev–Trinajstić information content (AvgIpc) is 2.60. The molecule has 2 aromatic rings. The molecule has 1 heterocycles. The lowest BCUT2D eigenvalue weighted by molar-refractivity contribution is 0.0698. The Morgan fingerprint density at radius 1 is 1.25 bits per heavy atom. The van der Waals surface area contributed by atoms with Crippen LogP contribution in [-0.2, 0) is 0 Å². The molecule has 2 aromatic carbocycles. The van der Waals surface area contributed by atoms with Crippen LogP contribution in [0, 0.1) is 0 Å². The summed E-state index contributed by atoms with van der Waals surface area (Å²) in [5.41, 5.74) is 16.3. The van der Waals surface area contributed by atoms with Crippen LogP contribution in [-0.4, -0.2) is 17.6 Å². The summed E-state index contributed by atoms with van der Waals surface area (Å²) in [7, 11) is 0. The summed E-state index contributed by atoms with van der Waals surface area (Å²) in [5, 5.41) is 15.6. The zero-order valence-corrected chi connectivity index (χ0v) is 12.9. The maximum absolute atomic E-state index is 11.4. The van der Waals surface area contributed by atoms with E-state index in [-0.39, 0.29) is 5.56 Å². The molecule has 24 heavy (non-hydrogen) atoms. The van der Waals surface area contributed by atoms with Crippen LogP contribution in [0.15, 0.2) is 48.8 Å². The highest BCUT2D eigenvalue weighted by Gasteiger charge is 2.19. The van der Waals surface area contributed by atoms with E-state index in [0.29, 0.717) is 17.9 Å². The number of rotatable bonds is 4. The molecule has 7 N–H and O–H groups in total. The lowest BCUT2D eigenvalue weighted by Gasteiger charge is -2.20. The van der Waals surface area contributed by atoms with Crippen LogP contribution in [0.3, 0.4) is 0 Å². The van der Waals surface area contributed by atoms with Gasteiger partial charge in [0, 0.05) is 41.4 Å². The smallest absolute Gasteiger partial charge is 0.337 e. The van der Waals surface area contributed by atoms with Gasteiger partial charge in [-0.05, 0) is 29.8 Å². The molecule has 0 saturated carbocycles. The van der Waals surface area contributed by atoms with Crippen molar-refractivity contribution in [2.75, 3.05) is 22.9 Å². The maximum atomic E-state index is 11.4. The minimum absolute atomic E-state index is 0.247. The van der Waals surface area contributed by atoms with Crippen LogP contribution in [0.4, 0.5) is 17.1 Å². The van der Waals surface area contributed by atoms with Crippen LogP contribution < -0.4 is 22.1 Å². The van der Waals surface area contributed by atoms with Crippen LogP contribution in [0.25, 0.3) is 17.2 Å². The third-order valence-corrected chi connectivity index (χ3v) is 3.85. The molecule has 0 radical (unpaired) electrons. The quantitative estimate of drug-likeness (QED) is 0.553. The number of nitrogens with two attached hydrogens (primary N) is 2. The van der Waals surface area contributed by atoms with E-state index in [1.807, 2.05) is 24.3 Å². The fourth-order valence-electron chi connectivity index (χ4n) is 2.76. The fraction of sp³-hybridized carbons (Fsp3) is 0.0556. The van der Waals surface area contributed by atoms with Crippen molar-refractivity contribution in [1.29, 1.82) is 0 Å². The molecule has 0 unspecified atom stereocenters. The molecule has 0 fully saturated rings. The monoisotopic (exact) mass is 322 g/mol. The van der Waals surface area contributed by atoms with Gasteiger partial charge >= 0.3 is 5.97 Å². The second-order valence-electron chi connectivity index (χ2n) is 5.34. The van der Waals surface area contributed by atoms with Gasteiger partial charge in [0.25, 0.3) is 0 Å². The summed E-state index contributed by atoms with van der Waals surface area (Å²) in [4.78, 5) is 11.4. The lowest BCUT2D eigenvalue weighted by Crippen LogP contribution is -2.11. The van der Waals surface area contributed by atoms with Gasteiger partial charge in [0.2, 0.25) is 0 Å². The Kier molecular flexibility index (Phi) is 4.11. The molecular weight excluding hydrogens is 304 g/mol. The molecule has 0 saturated heterocycles. The molecule has 6 nitrogen and oxygen atoms in total. The van der Waals surface area contributed by atoms with Gasteiger partial charge in [-0.2, -0.15) is 0 Å². The predicted octanol–water partition coefficient (Wildman–Crippen LogP) is 2.91. The van der Waals surface area contributed by atoms with Gasteiger partial charge in [0.15, 0.2) is 0 Å². The van der Waals surface area contributed by atoms with E-state index in [0.717, 1.165) is 22.4 Å². The van der Waals surface area contributed by atoms with Gasteiger partial charge in [0.1, 0.15) is 0 Å². The highest BCUT2D eigenvalue weighted by atomic mass is 16.4. The zero-order valence-electron chi connectivity index (χ0n) is 12.9. The highest BCUT2D eigenvalue weighted by molar-refractivity contribution is 6.01. The number of aromatic carboxylic acids is 1. The number of nitrogens with one attached hydrogen (secondary N) is 2. The molecular formula is C18H18N4O2. The van der Waals surface area contributed by atoms with Crippen LogP contribution in [0.2, 0.25) is 0 Å². The molecule has 0 amide bonds. The summed E-state index contributed by atoms with van der Waals surface area (Å²) in [5.74, 6) is -0.961. The largest absolute Gasteiger partial charge is 0.478 e. The first-order valence-electron chi connectivity index (χ1n) is 7.45. The van der Waals surface area contributed by atoms with Gasteiger partial charge in [-0.15, -0.1) is 0 Å². The standard InChI is InChI=1S/C18H18N4O2/c19-7-9-21-11-3-6-16(20)15(10-11)12-4-5-14(18(23)24)17-13(12)2-1-8-22-17/h1-7,9-10,21-22H,8,19-20H2,(H,23,24)/b9-7-. The van der Waals surface area contributed by atoms with E-state index in [1.54, 1.807) is 24.4 Å². The first-order chi connectivity index (χ1) is 11.6. The first-order valence-corrected chi connectivity index (χ1v) is 7.45. The first kappa shape index (κ1) is 15.5. The molecule has 1 aliphatic rings. The lowest BCUT2D eigenvalue weighted by atomic mass is 9.92.